The molecule has 0 heterocycles. The van der Waals surface area contributed by atoms with Crippen molar-refractivity contribution in [3.8, 4) is 0 Å². The molecule has 0 amide bonds. The number of allylic oxidation sites excluding steroid dienone is 2. The van der Waals surface area contributed by atoms with Crippen molar-refractivity contribution in [1.82, 2.24) is 0 Å². The molecule has 0 spiro atoms. The fourth-order valence-electron chi connectivity index (χ4n) is 1.58. The van der Waals surface area contributed by atoms with E-state index in [1.807, 2.05) is 0 Å². The summed E-state index contributed by atoms with van der Waals surface area (Å²) in [6.45, 7) is -1.28. The average molecular weight is 392 g/mol. The summed E-state index contributed by atoms with van der Waals surface area (Å²) in [5, 5.41) is 0. The zero-order valence-electron chi connectivity index (χ0n) is 11.3. The molecule has 0 saturated carbocycles. The van der Waals surface area contributed by atoms with Gasteiger partial charge in [-0.05, 0) is 13.8 Å². The van der Waals surface area contributed by atoms with Crippen LogP contribution in [-0.4, -0.2) is 30.4 Å². The van der Waals surface area contributed by atoms with Gasteiger partial charge in [0, 0.05) is 5.57 Å². The number of hydrogen-bond donors (Lipinski definition) is 0. The van der Waals surface area contributed by atoms with Crippen molar-refractivity contribution in [3.05, 3.63) is 11.4 Å². The molecule has 0 saturated heterocycles. The van der Waals surface area contributed by atoms with Crippen LogP contribution in [0.2, 0.25) is 0 Å². The van der Waals surface area contributed by atoms with Crippen molar-refractivity contribution in [2.24, 2.45) is 5.41 Å². The van der Waals surface area contributed by atoms with E-state index in [0.717, 1.165) is 0 Å². The summed E-state index contributed by atoms with van der Waals surface area (Å²) in [7, 11) is 0. The predicted octanol–water partition coefficient (Wildman–Crippen LogP) is 6.19. The monoisotopic (exact) mass is 392 g/mol. The van der Waals surface area contributed by atoms with Crippen molar-refractivity contribution < 1.29 is 61.5 Å². The molecule has 0 nitrogen and oxygen atoms in total. The summed E-state index contributed by atoms with van der Waals surface area (Å²) in [6.07, 6.45) is -27.7. The minimum absolute atomic E-state index is 0.639. The minimum atomic E-state index is -7.36. The molecule has 0 bridgehead atoms. The van der Waals surface area contributed by atoms with E-state index in [0.29, 0.717) is 0 Å². The van der Waals surface area contributed by atoms with E-state index in [1.54, 1.807) is 0 Å². The van der Waals surface area contributed by atoms with E-state index in [4.69, 9.17) is 0 Å². The lowest BCUT2D eigenvalue weighted by molar-refractivity contribution is -0.337. The highest BCUT2D eigenvalue weighted by Crippen LogP contribution is 2.60. The Kier molecular flexibility index (Phi) is 5.35. The first-order chi connectivity index (χ1) is 10.0. The third-order valence-electron chi connectivity index (χ3n) is 2.93. The summed E-state index contributed by atoms with van der Waals surface area (Å²) in [6, 6.07) is 0. The highest BCUT2D eigenvalue weighted by Gasteiger charge is 2.79. The van der Waals surface area contributed by atoms with Gasteiger partial charge in [0.1, 0.15) is 0 Å². The van der Waals surface area contributed by atoms with E-state index in [9.17, 15) is 61.5 Å². The Morgan fingerprint density at radius 2 is 0.833 bits per heavy atom. The standard InChI is InChI=1S/C10H6F14/c1-5(2,8(16,17)18)3(4(11)7(13,14)15)6(12,9(19,20)21)10(22,23)24/h1-2H3/b4-3+. The average Bonchev–Trinajstić information content (AvgIpc) is 2.22. The fourth-order valence-corrected chi connectivity index (χ4v) is 1.58. The summed E-state index contributed by atoms with van der Waals surface area (Å²) in [5.41, 5.74) is -16.2. The summed E-state index contributed by atoms with van der Waals surface area (Å²) in [4.78, 5) is 0. The quantitative estimate of drug-likeness (QED) is 0.492. The summed E-state index contributed by atoms with van der Waals surface area (Å²) < 4.78 is 176. The Bertz CT molecular complexity index is 480. The molecule has 0 aliphatic rings. The van der Waals surface area contributed by atoms with Crippen molar-refractivity contribution in [2.45, 2.75) is 44.2 Å². The molecule has 0 N–H and O–H groups in total. The maximum absolute atomic E-state index is 13.7. The third-order valence-corrected chi connectivity index (χ3v) is 2.93. The molecule has 0 aliphatic carbocycles. The Balaban J connectivity index is 7.26. The van der Waals surface area contributed by atoms with E-state index in [2.05, 4.69) is 0 Å². The Hall–Kier alpha value is -1.24. The molecule has 0 radical (unpaired) electrons. The molecule has 0 unspecified atom stereocenters. The second-order valence-corrected chi connectivity index (χ2v) is 4.96. The van der Waals surface area contributed by atoms with Crippen molar-refractivity contribution in [3.63, 3.8) is 0 Å². The van der Waals surface area contributed by atoms with Crippen LogP contribution in [0.15, 0.2) is 11.4 Å². The first-order valence-electron chi connectivity index (χ1n) is 5.40. The molecule has 0 rings (SSSR count). The van der Waals surface area contributed by atoms with Crippen LogP contribution in [0.4, 0.5) is 61.5 Å². The highest BCUT2D eigenvalue weighted by atomic mass is 19.4. The van der Waals surface area contributed by atoms with Crippen LogP contribution in [0.1, 0.15) is 13.8 Å². The van der Waals surface area contributed by atoms with Crippen LogP contribution in [0.3, 0.4) is 0 Å². The van der Waals surface area contributed by atoms with Gasteiger partial charge in [-0.1, -0.05) is 0 Å². The van der Waals surface area contributed by atoms with E-state index >= 15 is 0 Å². The second-order valence-electron chi connectivity index (χ2n) is 4.96. The molecule has 0 aromatic carbocycles. The number of hydrogen-bond acceptors (Lipinski definition) is 0. The zero-order chi connectivity index (χ0) is 20.2. The van der Waals surface area contributed by atoms with Crippen LogP contribution in [0.5, 0.6) is 0 Å². The lowest BCUT2D eigenvalue weighted by atomic mass is 9.73. The van der Waals surface area contributed by atoms with Crippen LogP contribution < -0.4 is 0 Å². The molecule has 144 valence electrons. The number of halogens is 14. The first-order valence-corrected chi connectivity index (χ1v) is 5.40. The van der Waals surface area contributed by atoms with E-state index < -0.39 is 61.0 Å². The maximum atomic E-state index is 13.7. The first kappa shape index (κ1) is 22.8. The summed E-state index contributed by atoms with van der Waals surface area (Å²) >= 11 is 0. The summed E-state index contributed by atoms with van der Waals surface area (Å²) in [5.74, 6) is -4.47. The topological polar surface area (TPSA) is 0 Å². The molecule has 0 aromatic heterocycles. The van der Waals surface area contributed by atoms with Gasteiger partial charge >= 0.3 is 30.4 Å². The normalized spacial score (nSPS) is 17.0. The largest absolute Gasteiger partial charge is 0.443 e. The third kappa shape index (κ3) is 3.55. The Morgan fingerprint density at radius 3 is 1.00 bits per heavy atom. The lowest BCUT2D eigenvalue weighted by Gasteiger charge is -2.40. The van der Waals surface area contributed by atoms with Crippen LogP contribution >= 0.6 is 0 Å². The van der Waals surface area contributed by atoms with Gasteiger partial charge in [0.25, 0.3) is 0 Å². The maximum Gasteiger partial charge on any atom is 0.443 e. The molecular weight excluding hydrogens is 386 g/mol. The van der Waals surface area contributed by atoms with E-state index in [1.165, 1.54) is 0 Å². The van der Waals surface area contributed by atoms with Gasteiger partial charge in [0.05, 0.1) is 5.41 Å². The Morgan fingerprint density at radius 1 is 0.542 bits per heavy atom. The van der Waals surface area contributed by atoms with Gasteiger partial charge in [-0.3, -0.25) is 0 Å². The van der Waals surface area contributed by atoms with Crippen LogP contribution in [0.25, 0.3) is 0 Å². The van der Waals surface area contributed by atoms with Gasteiger partial charge in [0.2, 0.25) is 5.83 Å². The SMILES string of the molecule is CC(C)(/C(=C(\F)C(F)(F)F)C(F)(C(F)(F)F)C(F)(F)F)C(F)(F)F. The molecule has 14 heteroatoms. The predicted molar refractivity (Wildman–Crippen MR) is 50.0 cm³/mol. The molecule has 24 heavy (non-hydrogen) atoms. The van der Waals surface area contributed by atoms with Gasteiger partial charge in [-0.2, -0.15) is 52.7 Å². The molecular formula is C10H6F14. The number of rotatable bonds is 2. The van der Waals surface area contributed by atoms with Gasteiger partial charge in [-0.25, -0.2) is 8.78 Å². The van der Waals surface area contributed by atoms with Crippen molar-refractivity contribution in [2.75, 3.05) is 0 Å². The molecule has 0 aromatic rings. The molecule has 0 atom stereocenters. The van der Waals surface area contributed by atoms with Gasteiger partial charge in [0.15, 0.2) is 0 Å². The van der Waals surface area contributed by atoms with Gasteiger partial charge in [-0.15, -0.1) is 0 Å². The number of alkyl halides is 13. The second kappa shape index (κ2) is 5.64. The fraction of sp³-hybridized carbons (Fsp3) is 0.800. The van der Waals surface area contributed by atoms with Crippen molar-refractivity contribution >= 4 is 0 Å². The molecule has 0 aliphatic heterocycles. The van der Waals surface area contributed by atoms with Crippen molar-refractivity contribution in [1.29, 1.82) is 0 Å². The van der Waals surface area contributed by atoms with E-state index in [-0.39, 0.29) is 0 Å². The molecule has 0 fully saturated rings. The smallest absolute Gasteiger partial charge is 0.218 e. The van der Waals surface area contributed by atoms with Gasteiger partial charge < -0.3 is 0 Å². The minimum Gasteiger partial charge on any atom is -0.218 e. The zero-order valence-corrected chi connectivity index (χ0v) is 11.3. The van der Waals surface area contributed by atoms with Crippen LogP contribution in [-0.2, 0) is 0 Å². The Labute approximate surface area is 124 Å². The highest BCUT2D eigenvalue weighted by molar-refractivity contribution is 5.35. The van der Waals surface area contributed by atoms with Crippen LogP contribution in [0, 0.1) is 5.41 Å². The lowest BCUT2D eigenvalue weighted by Crippen LogP contribution is -2.60.